The molecule has 0 atom stereocenters. The van der Waals surface area contributed by atoms with E-state index in [9.17, 15) is 9.59 Å². The molecule has 0 bridgehead atoms. The molecule has 3 aromatic rings. The first kappa shape index (κ1) is 23.7. The van der Waals surface area contributed by atoms with Crippen LogP contribution in [0.25, 0.3) is 5.69 Å². The maximum atomic E-state index is 13.2. The second-order valence-corrected chi connectivity index (χ2v) is 8.71. The fraction of sp³-hybridized carbons (Fsp3) is 0.231. The average molecular weight is 472 g/mol. The van der Waals surface area contributed by atoms with E-state index in [2.05, 4.69) is 15.7 Å². The highest BCUT2D eigenvalue weighted by Crippen LogP contribution is 2.22. The molecule has 1 aliphatic rings. The van der Waals surface area contributed by atoms with Crippen LogP contribution < -0.4 is 10.6 Å². The van der Waals surface area contributed by atoms with Gasteiger partial charge in [-0.15, -0.1) is 0 Å². The number of imide groups is 1. The number of hydrogen-bond donors (Lipinski definition) is 3. The molecule has 2 heterocycles. The van der Waals surface area contributed by atoms with Crippen LogP contribution in [0, 0.1) is 11.3 Å². The zero-order valence-corrected chi connectivity index (χ0v) is 20.0. The van der Waals surface area contributed by atoms with E-state index in [4.69, 9.17) is 5.41 Å². The third kappa shape index (κ3) is 5.24. The molecule has 0 saturated carbocycles. The van der Waals surface area contributed by atoms with Gasteiger partial charge < -0.3 is 10.6 Å². The van der Waals surface area contributed by atoms with Crippen LogP contribution in [0.3, 0.4) is 0 Å². The van der Waals surface area contributed by atoms with Gasteiger partial charge >= 0.3 is 6.03 Å². The van der Waals surface area contributed by atoms with Crippen molar-refractivity contribution in [3.05, 3.63) is 90.0 Å². The van der Waals surface area contributed by atoms with Gasteiger partial charge in [-0.25, -0.2) is 9.48 Å². The highest BCUT2D eigenvalue weighted by atomic mass is 16.2. The Morgan fingerprint density at radius 3 is 2.37 bits per heavy atom. The van der Waals surface area contributed by atoms with E-state index in [0.717, 1.165) is 21.8 Å². The lowest BCUT2D eigenvalue weighted by atomic mass is 10.1. The number of benzene rings is 2. The number of rotatable bonds is 8. The van der Waals surface area contributed by atoms with Crippen LogP contribution in [0.1, 0.15) is 19.4 Å². The van der Waals surface area contributed by atoms with Crippen molar-refractivity contribution in [3.8, 4) is 5.69 Å². The van der Waals surface area contributed by atoms with Crippen molar-refractivity contribution in [1.82, 2.24) is 24.9 Å². The van der Waals surface area contributed by atoms with Crippen LogP contribution in [-0.4, -0.2) is 50.9 Å². The molecule has 1 saturated heterocycles. The molecule has 0 unspecified atom stereocenters. The Hall–Kier alpha value is -4.40. The van der Waals surface area contributed by atoms with Crippen LogP contribution in [0.5, 0.6) is 0 Å². The second-order valence-electron chi connectivity index (χ2n) is 8.71. The third-order valence-corrected chi connectivity index (χ3v) is 5.56. The Morgan fingerprint density at radius 1 is 1.03 bits per heavy atom. The highest BCUT2D eigenvalue weighted by molar-refractivity contribution is 6.30. The summed E-state index contributed by atoms with van der Waals surface area (Å²) in [7, 11) is 1.44. The molecule has 9 nitrogen and oxygen atoms in total. The number of urea groups is 1. The maximum Gasteiger partial charge on any atom is 0.332 e. The van der Waals surface area contributed by atoms with E-state index in [1.807, 2.05) is 80.7 Å². The number of likely N-dealkylation sites (N-methyl/N-ethyl adjacent to an activating group) is 1. The third-order valence-electron chi connectivity index (χ3n) is 5.56. The van der Waals surface area contributed by atoms with Gasteiger partial charge in [0.15, 0.2) is 0 Å². The molecule has 4 rings (SSSR count). The highest BCUT2D eigenvalue weighted by Gasteiger charge is 2.40. The Morgan fingerprint density at radius 2 is 1.74 bits per heavy atom. The van der Waals surface area contributed by atoms with Gasteiger partial charge in [0.25, 0.3) is 5.91 Å². The number of hydrogen-bond acceptors (Lipinski definition) is 6. The summed E-state index contributed by atoms with van der Waals surface area (Å²) >= 11 is 0. The van der Waals surface area contributed by atoms with E-state index in [1.165, 1.54) is 11.9 Å². The van der Waals surface area contributed by atoms with Gasteiger partial charge in [-0.3, -0.25) is 20.0 Å². The van der Waals surface area contributed by atoms with E-state index in [1.54, 1.807) is 10.9 Å². The Bertz CT molecular complexity index is 1230. The minimum absolute atomic E-state index is 0.116. The minimum Gasteiger partial charge on any atom is -0.367 e. The molecule has 1 aliphatic heterocycles. The number of amidine groups is 1. The normalized spacial score (nSPS) is 15.6. The summed E-state index contributed by atoms with van der Waals surface area (Å²) in [6.07, 6.45) is 3.60. The van der Waals surface area contributed by atoms with Crippen molar-refractivity contribution in [2.75, 3.05) is 18.9 Å². The van der Waals surface area contributed by atoms with Gasteiger partial charge in [0.1, 0.15) is 17.2 Å². The first-order chi connectivity index (χ1) is 16.8. The van der Waals surface area contributed by atoms with Crippen molar-refractivity contribution in [3.63, 3.8) is 0 Å². The minimum atomic E-state index is -0.528. The van der Waals surface area contributed by atoms with Gasteiger partial charge in [-0.2, -0.15) is 5.10 Å². The molecule has 0 radical (unpaired) electrons. The van der Waals surface area contributed by atoms with Crippen molar-refractivity contribution < 1.29 is 9.59 Å². The zero-order chi connectivity index (χ0) is 24.9. The lowest BCUT2D eigenvalue weighted by molar-refractivity contribution is -0.123. The molecule has 0 spiro atoms. The number of para-hydroxylation sites is 1. The van der Waals surface area contributed by atoms with Crippen LogP contribution in [0.2, 0.25) is 0 Å². The van der Waals surface area contributed by atoms with E-state index >= 15 is 0 Å². The topological polar surface area (TPSA) is 106 Å². The summed E-state index contributed by atoms with van der Waals surface area (Å²) in [5.41, 5.74) is 2.79. The number of nitrogens with zero attached hydrogens (tertiary/aromatic N) is 4. The first-order valence-corrected chi connectivity index (χ1v) is 11.4. The summed E-state index contributed by atoms with van der Waals surface area (Å²) in [6.45, 7) is 4.68. The second kappa shape index (κ2) is 10.3. The molecule has 3 N–H and O–H groups in total. The lowest BCUT2D eigenvalue weighted by Crippen LogP contribution is -2.56. The zero-order valence-electron chi connectivity index (χ0n) is 20.0. The Kier molecular flexibility index (Phi) is 6.96. The smallest absolute Gasteiger partial charge is 0.332 e. The van der Waals surface area contributed by atoms with Crippen molar-refractivity contribution in [2.45, 2.75) is 20.4 Å². The van der Waals surface area contributed by atoms with Crippen LogP contribution in [0.15, 0.2) is 84.5 Å². The van der Waals surface area contributed by atoms with Gasteiger partial charge in [-0.1, -0.05) is 44.2 Å². The van der Waals surface area contributed by atoms with Gasteiger partial charge in [0.2, 0.25) is 0 Å². The van der Waals surface area contributed by atoms with Crippen LogP contribution in [0.4, 0.5) is 10.5 Å². The molecule has 0 aliphatic carbocycles. The van der Waals surface area contributed by atoms with Crippen LogP contribution in [-0.2, 0) is 11.3 Å². The fourth-order valence-corrected chi connectivity index (χ4v) is 3.77. The predicted molar refractivity (Wildman–Crippen MR) is 135 cm³/mol. The number of nitrogens with one attached hydrogen (secondary N) is 3. The molecule has 3 amide bonds. The summed E-state index contributed by atoms with van der Waals surface area (Å²) in [5, 5.41) is 19.5. The van der Waals surface area contributed by atoms with E-state index in [0.29, 0.717) is 18.9 Å². The number of anilines is 1. The van der Waals surface area contributed by atoms with E-state index < -0.39 is 11.9 Å². The molecule has 9 heteroatoms. The molecule has 35 heavy (non-hydrogen) atoms. The molecular formula is C26H29N7O2. The first-order valence-electron chi connectivity index (χ1n) is 11.4. The summed E-state index contributed by atoms with van der Waals surface area (Å²) < 4.78 is 1.78. The number of carbonyl (C=O) groups is 2. The Balaban J connectivity index is 1.65. The molecule has 1 fully saturated rings. The van der Waals surface area contributed by atoms with Gasteiger partial charge in [0, 0.05) is 38.2 Å². The average Bonchev–Trinajstić information content (AvgIpc) is 3.40. The van der Waals surface area contributed by atoms with Crippen LogP contribution >= 0.6 is 0 Å². The van der Waals surface area contributed by atoms with Gasteiger partial charge in [-0.05, 0) is 41.8 Å². The van der Waals surface area contributed by atoms with E-state index in [-0.39, 0.29) is 17.3 Å². The standard InChI is InChI=1S/C26H29N7O2/c1-18(2)17-32-23(27)22(25(34)31(3)26(32)35)24(30-20-8-5-4-6-9-20)28-16-19-10-12-21(13-11-19)33-15-7-14-29-33/h4-15,18,27-28,30H,16-17H2,1-3H3/b24-22-,27-23?. The predicted octanol–water partition coefficient (Wildman–Crippen LogP) is 3.81. The molecule has 180 valence electrons. The number of amides is 3. The molecule has 1 aromatic heterocycles. The molecule has 2 aromatic carbocycles. The summed E-state index contributed by atoms with van der Waals surface area (Å²) in [4.78, 5) is 28.3. The monoisotopic (exact) mass is 471 g/mol. The van der Waals surface area contributed by atoms with Gasteiger partial charge in [0.05, 0.1) is 5.69 Å². The number of carbonyl (C=O) groups excluding carboxylic acids is 2. The SMILES string of the molecule is CC(C)CN1C(=N)/C(=C(\NCc2ccc(-n3cccn3)cc2)Nc2ccccc2)C(=O)N(C)C1=O. The maximum absolute atomic E-state index is 13.2. The fourth-order valence-electron chi connectivity index (χ4n) is 3.77. The lowest BCUT2D eigenvalue weighted by Gasteiger charge is -2.35. The molecular weight excluding hydrogens is 442 g/mol. The van der Waals surface area contributed by atoms with Crippen molar-refractivity contribution >= 4 is 23.5 Å². The summed E-state index contributed by atoms with van der Waals surface area (Å²) in [5.74, 6) is -0.142. The largest absolute Gasteiger partial charge is 0.367 e. The van der Waals surface area contributed by atoms with Crippen molar-refractivity contribution in [1.29, 1.82) is 5.41 Å². The quantitative estimate of drug-likeness (QED) is 0.433. The number of aromatic nitrogens is 2. The van der Waals surface area contributed by atoms with Crippen molar-refractivity contribution in [2.24, 2.45) is 5.92 Å². The summed E-state index contributed by atoms with van der Waals surface area (Å²) in [6, 6.07) is 18.7. The Labute approximate surface area is 204 Å².